The molecule has 27 heavy (non-hydrogen) atoms. The lowest BCUT2D eigenvalue weighted by Gasteiger charge is -2.09. The lowest BCUT2D eigenvalue weighted by atomic mass is 9.98. The third kappa shape index (κ3) is 4.64. The highest BCUT2D eigenvalue weighted by Gasteiger charge is 2.13. The molecule has 1 N–H and O–H groups in total. The Morgan fingerprint density at radius 1 is 1.07 bits per heavy atom. The van der Waals surface area contributed by atoms with Gasteiger partial charge in [-0.1, -0.05) is 55.8 Å². The summed E-state index contributed by atoms with van der Waals surface area (Å²) in [7, 11) is 0. The molecule has 0 saturated heterocycles. The Bertz CT molecular complexity index is 932. The molecule has 2 aromatic carbocycles. The van der Waals surface area contributed by atoms with Crippen LogP contribution in [-0.4, -0.2) is 10.9 Å². The van der Waals surface area contributed by atoms with Crippen LogP contribution < -0.4 is 5.32 Å². The molecule has 3 nitrogen and oxygen atoms in total. The molecule has 1 amide bonds. The predicted octanol–water partition coefficient (Wildman–Crippen LogP) is 6.04. The summed E-state index contributed by atoms with van der Waals surface area (Å²) < 4.78 is 0. The van der Waals surface area contributed by atoms with E-state index in [9.17, 15) is 4.79 Å². The van der Waals surface area contributed by atoms with Crippen LogP contribution in [0.25, 0.3) is 11.3 Å². The number of amides is 1. The van der Waals surface area contributed by atoms with Gasteiger partial charge in [0.15, 0.2) is 5.13 Å². The van der Waals surface area contributed by atoms with Gasteiger partial charge in [-0.05, 0) is 48.9 Å². The first-order chi connectivity index (χ1) is 12.8. The zero-order valence-electron chi connectivity index (χ0n) is 16.6. The molecule has 1 aromatic heterocycles. The van der Waals surface area contributed by atoms with Crippen LogP contribution in [0.4, 0.5) is 5.13 Å². The number of nitrogens with zero attached hydrogens (tertiary/aromatic N) is 1. The fraction of sp³-hybridized carbons (Fsp3) is 0.304. The number of rotatable bonds is 5. The first-order valence-corrected chi connectivity index (χ1v) is 10.1. The number of hydrogen-bond donors (Lipinski definition) is 1. The number of thiazole rings is 1. The monoisotopic (exact) mass is 378 g/mol. The van der Waals surface area contributed by atoms with Crippen LogP contribution in [0.5, 0.6) is 0 Å². The van der Waals surface area contributed by atoms with Crippen molar-refractivity contribution in [3.63, 3.8) is 0 Å². The molecule has 0 aliphatic carbocycles. The third-order valence-corrected chi connectivity index (χ3v) is 5.45. The molecule has 0 bridgehead atoms. The van der Waals surface area contributed by atoms with Gasteiger partial charge in [0.1, 0.15) is 0 Å². The van der Waals surface area contributed by atoms with E-state index < -0.39 is 0 Å². The van der Waals surface area contributed by atoms with Gasteiger partial charge in [-0.25, -0.2) is 4.98 Å². The van der Waals surface area contributed by atoms with Crippen LogP contribution in [-0.2, 0) is 11.2 Å². The molecule has 140 valence electrons. The number of aromatic nitrogens is 1. The van der Waals surface area contributed by atoms with Crippen LogP contribution in [0.1, 0.15) is 47.6 Å². The average Bonchev–Trinajstić information content (AvgIpc) is 3.02. The van der Waals surface area contributed by atoms with Crippen molar-refractivity contribution in [2.45, 2.75) is 47.0 Å². The second-order valence-corrected chi connectivity index (χ2v) is 8.29. The molecular formula is C23H26N2OS. The van der Waals surface area contributed by atoms with Gasteiger partial charge in [0.2, 0.25) is 5.91 Å². The topological polar surface area (TPSA) is 42.0 Å². The third-order valence-electron chi connectivity index (χ3n) is 4.69. The minimum Gasteiger partial charge on any atom is -0.302 e. The molecule has 0 saturated carbocycles. The molecule has 0 unspecified atom stereocenters. The molecule has 0 radical (unpaired) electrons. The van der Waals surface area contributed by atoms with Crippen molar-refractivity contribution in [2.24, 2.45) is 0 Å². The molecule has 3 aromatic rings. The van der Waals surface area contributed by atoms with Crippen molar-refractivity contribution in [1.29, 1.82) is 0 Å². The van der Waals surface area contributed by atoms with Crippen molar-refractivity contribution in [3.8, 4) is 11.3 Å². The van der Waals surface area contributed by atoms with Crippen molar-refractivity contribution in [2.75, 3.05) is 5.32 Å². The van der Waals surface area contributed by atoms with E-state index in [4.69, 9.17) is 0 Å². The summed E-state index contributed by atoms with van der Waals surface area (Å²) in [6.45, 7) is 10.6. The van der Waals surface area contributed by atoms with Gasteiger partial charge in [-0.3, -0.25) is 4.79 Å². The summed E-state index contributed by atoms with van der Waals surface area (Å²) in [5, 5.41) is 5.59. The molecule has 0 fully saturated rings. The van der Waals surface area contributed by atoms with E-state index in [1.165, 1.54) is 33.6 Å². The number of carbonyl (C=O) groups excluding carboxylic acids is 1. The van der Waals surface area contributed by atoms with Gasteiger partial charge < -0.3 is 5.32 Å². The number of carbonyl (C=O) groups is 1. The predicted molar refractivity (Wildman–Crippen MR) is 115 cm³/mol. The first-order valence-electron chi connectivity index (χ1n) is 9.26. The highest BCUT2D eigenvalue weighted by molar-refractivity contribution is 7.14. The van der Waals surface area contributed by atoms with Crippen molar-refractivity contribution in [1.82, 2.24) is 4.98 Å². The molecule has 1 heterocycles. The summed E-state index contributed by atoms with van der Waals surface area (Å²) in [6, 6.07) is 12.6. The maximum absolute atomic E-state index is 12.4. The first kappa shape index (κ1) is 19.3. The Morgan fingerprint density at radius 3 is 2.30 bits per heavy atom. The number of nitrogens with one attached hydrogen (secondary N) is 1. The Balaban J connectivity index is 1.70. The van der Waals surface area contributed by atoms with Gasteiger partial charge in [0, 0.05) is 10.9 Å². The molecule has 0 aliphatic heterocycles. The molecular weight excluding hydrogens is 352 g/mol. The van der Waals surface area contributed by atoms with E-state index in [0.29, 0.717) is 17.5 Å². The van der Waals surface area contributed by atoms with E-state index in [1.54, 1.807) is 0 Å². The van der Waals surface area contributed by atoms with E-state index in [2.05, 4.69) is 69.2 Å². The summed E-state index contributed by atoms with van der Waals surface area (Å²) in [4.78, 5) is 17.0. The molecule has 4 heteroatoms. The minimum atomic E-state index is -0.0365. The zero-order valence-corrected chi connectivity index (χ0v) is 17.4. The SMILES string of the molecule is Cc1cc(C)c(-c2csc(NC(=O)Cc3ccc(C(C)C)cc3)n2)c(C)c1. The standard InChI is InChI=1S/C23H26N2OS/c1-14(2)19-8-6-18(7-9-19)12-21(26)25-23-24-20(13-27-23)22-16(4)10-15(3)11-17(22)5/h6-11,13-14H,12H2,1-5H3,(H,24,25,26). The largest absolute Gasteiger partial charge is 0.302 e. The molecule has 0 aliphatic rings. The fourth-order valence-electron chi connectivity index (χ4n) is 3.40. The second-order valence-electron chi connectivity index (χ2n) is 7.43. The average molecular weight is 379 g/mol. The number of aryl methyl sites for hydroxylation is 3. The Morgan fingerprint density at radius 2 is 1.70 bits per heavy atom. The van der Waals surface area contributed by atoms with Crippen molar-refractivity contribution >= 4 is 22.4 Å². The lowest BCUT2D eigenvalue weighted by molar-refractivity contribution is -0.115. The van der Waals surface area contributed by atoms with E-state index in [-0.39, 0.29) is 5.91 Å². The van der Waals surface area contributed by atoms with Gasteiger partial charge in [0.25, 0.3) is 0 Å². The summed E-state index contributed by atoms with van der Waals surface area (Å²) in [5.41, 5.74) is 8.04. The second kappa shape index (κ2) is 8.05. The Labute approximate surface area is 165 Å². The normalized spacial score (nSPS) is 11.0. The number of hydrogen-bond acceptors (Lipinski definition) is 3. The van der Waals surface area contributed by atoms with Crippen LogP contribution in [0.3, 0.4) is 0 Å². The summed E-state index contributed by atoms with van der Waals surface area (Å²) in [5.74, 6) is 0.459. The fourth-order valence-corrected chi connectivity index (χ4v) is 4.12. The van der Waals surface area contributed by atoms with E-state index >= 15 is 0 Å². The van der Waals surface area contributed by atoms with Gasteiger partial charge in [-0.2, -0.15) is 0 Å². The van der Waals surface area contributed by atoms with E-state index in [0.717, 1.165) is 16.8 Å². The Hall–Kier alpha value is -2.46. The number of anilines is 1. The van der Waals surface area contributed by atoms with Gasteiger partial charge in [0.05, 0.1) is 12.1 Å². The minimum absolute atomic E-state index is 0.0365. The molecule has 0 spiro atoms. The number of benzene rings is 2. The van der Waals surface area contributed by atoms with Crippen LogP contribution in [0.15, 0.2) is 41.8 Å². The smallest absolute Gasteiger partial charge is 0.230 e. The van der Waals surface area contributed by atoms with Crippen molar-refractivity contribution in [3.05, 3.63) is 69.6 Å². The van der Waals surface area contributed by atoms with Gasteiger partial charge in [-0.15, -0.1) is 11.3 Å². The quantitative estimate of drug-likeness (QED) is 0.588. The highest BCUT2D eigenvalue weighted by atomic mass is 32.1. The van der Waals surface area contributed by atoms with Crippen LogP contribution >= 0.6 is 11.3 Å². The van der Waals surface area contributed by atoms with Crippen molar-refractivity contribution < 1.29 is 4.79 Å². The maximum atomic E-state index is 12.4. The molecule has 0 atom stereocenters. The van der Waals surface area contributed by atoms with E-state index in [1.807, 2.05) is 17.5 Å². The van der Waals surface area contributed by atoms with Crippen LogP contribution in [0.2, 0.25) is 0 Å². The van der Waals surface area contributed by atoms with Gasteiger partial charge >= 0.3 is 0 Å². The van der Waals surface area contributed by atoms with Crippen LogP contribution in [0, 0.1) is 20.8 Å². The summed E-state index contributed by atoms with van der Waals surface area (Å²) in [6.07, 6.45) is 0.357. The maximum Gasteiger partial charge on any atom is 0.230 e. The zero-order chi connectivity index (χ0) is 19.6. The molecule has 3 rings (SSSR count). The summed E-state index contributed by atoms with van der Waals surface area (Å²) >= 11 is 1.47. The highest BCUT2D eigenvalue weighted by Crippen LogP contribution is 2.31. The Kier molecular flexibility index (Phi) is 5.76. The lowest BCUT2D eigenvalue weighted by Crippen LogP contribution is -2.14.